The van der Waals surface area contributed by atoms with Crippen LogP contribution < -0.4 is 10.3 Å². The normalized spacial score (nSPS) is 15.7. The van der Waals surface area contributed by atoms with Gasteiger partial charge >= 0.3 is 0 Å². The van der Waals surface area contributed by atoms with Crippen molar-refractivity contribution in [3.63, 3.8) is 0 Å². The van der Waals surface area contributed by atoms with Crippen LogP contribution in [0.15, 0.2) is 51.7 Å². The molecular weight excluding hydrogens is 429 g/mol. The predicted octanol–water partition coefficient (Wildman–Crippen LogP) is 5.04. The third-order valence-corrected chi connectivity index (χ3v) is 6.40. The molecule has 0 N–H and O–H groups in total. The maximum Gasteiger partial charge on any atom is 0.297 e. The van der Waals surface area contributed by atoms with E-state index in [2.05, 4.69) is 24.0 Å². The SMILES string of the molecule is Cc1ccc2oc3c(c(=O)c2c1)[C@@H](c1ccc(F)cc1)N(c1nnc(CC(C)C)s1)C3=O. The van der Waals surface area contributed by atoms with Gasteiger partial charge in [-0.3, -0.25) is 14.5 Å². The fourth-order valence-electron chi connectivity index (χ4n) is 4.02. The maximum atomic E-state index is 13.6. The molecule has 0 radical (unpaired) electrons. The topological polar surface area (TPSA) is 76.3 Å². The Morgan fingerprint density at radius 3 is 2.59 bits per heavy atom. The Labute approximate surface area is 187 Å². The summed E-state index contributed by atoms with van der Waals surface area (Å²) >= 11 is 1.31. The molecule has 162 valence electrons. The second-order valence-electron chi connectivity index (χ2n) is 8.38. The molecule has 8 heteroatoms. The van der Waals surface area contributed by atoms with Crippen LogP contribution in [-0.4, -0.2) is 16.1 Å². The van der Waals surface area contributed by atoms with E-state index >= 15 is 0 Å². The fourth-order valence-corrected chi connectivity index (χ4v) is 5.10. The quantitative estimate of drug-likeness (QED) is 0.436. The number of anilines is 1. The monoisotopic (exact) mass is 449 g/mol. The highest BCUT2D eigenvalue weighted by molar-refractivity contribution is 7.15. The molecule has 3 heterocycles. The summed E-state index contributed by atoms with van der Waals surface area (Å²) in [5, 5.41) is 10.1. The first kappa shape index (κ1) is 20.5. The van der Waals surface area contributed by atoms with Gasteiger partial charge in [-0.15, -0.1) is 10.2 Å². The molecule has 1 amide bonds. The van der Waals surface area contributed by atoms with Gasteiger partial charge in [0.05, 0.1) is 17.0 Å². The third-order valence-electron chi connectivity index (χ3n) is 5.46. The van der Waals surface area contributed by atoms with Gasteiger partial charge in [0.15, 0.2) is 5.43 Å². The van der Waals surface area contributed by atoms with Crippen molar-refractivity contribution in [1.29, 1.82) is 0 Å². The van der Waals surface area contributed by atoms with Crippen LogP contribution in [0.2, 0.25) is 0 Å². The van der Waals surface area contributed by atoms with Crippen molar-refractivity contribution in [1.82, 2.24) is 10.2 Å². The lowest BCUT2D eigenvalue weighted by Crippen LogP contribution is -2.29. The Balaban J connectivity index is 1.74. The number of benzene rings is 2. The van der Waals surface area contributed by atoms with Gasteiger partial charge in [-0.1, -0.05) is 48.9 Å². The molecule has 0 unspecified atom stereocenters. The van der Waals surface area contributed by atoms with Gasteiger partial charge in [-0.2, -0.15) is 0 Å². The summed E-state index contributed by atoms with van der Waals surface area (Å²) in [5.41, 5.74) is 1.82. The molecular formula is C24H20FN3O3S. The summed E-state index contributed by atoms with van der Waals surface area (Å²) in [6, 6.07) is 10.3. The molecule has 2 aromatic carbocycles. The summed E-state index contributed by atoms with van der Waals surface area (Å²) < 4.78 is 19.6. The van der Waals surface area contributed by atoms with Gasteiger partial charge in [-0.05, 0) is 42.7 Å². The highest BCUT2D eigenvalue weighted by atomic mass is 32.1. The number of hydrogen-bond donors (Lipinski definition) is 0. The zero-order valence-corrected chi connectivity index (χ0v) is 18.6. The minimum atomic E-state index is -0.779. The molecule has 0 saturated carbocycles. The van der Waals surface area contributed by atoms with Crippen molar-refractivity contribution in [2.24, 2.45) is 5.92 Å². The summed E-state index contributed by atoms with van der Waals surface area (Å²) in [6.45, 7) is 6.04. The number of carbonyl (C=O) groups is 1. The third kappa shape index (κ3) is 3.31. The van der Waals surface area contributed by atoms with E-state index in [1.807, 2.05) is 13.0 Å². The number of nitrogens with zero attached hydrogens (tertiary/aromatic N) is 3. The van der Waals surface area contributed by atoms with Gasteiger partial charge in [-0.25, -0.2) is 4.39 Å². The summed E-state index contributed by atoms with van der Waals surface area (Å²) in [6.07, 6.45) is 0.730. The van der Waals surface area contributed by atoms with E-state index in [1.165, 1.54) is 28.4 Å². The Bertz CT molecular complexity index is 1410. The van der Waals surface area contributed by atoms with Gasteiger partial charge in [0.25, 0.3) is 5.91 Å². The number of aryl methyl sites for hydroxylation is 1. The lowest BCUT2D eigenvalue weighted by Gasteiger charge is -2.22. The second kappa shape index (κ2) is 7.63. The van der Waals surface area contributed by atoms with Crippen LogP contribution in [0.3, 0.4) is 0 Å². The van der Waals surface area contributed by atoms with E-state index in [-0.39, 0.29) is 16.8 Å². The molecule has 1 aliphatic rings. The highest BCUT2D eigenvalue weighted by Crippen LogP contribution is 2.42. The van der Waals surface area contributed by atoms with Crippen molar-refractivity contribution in [2.75, 3.05) is 4.90 Å². The lowest BCUT2D eigenvalue weighted by molar-refractivity contribution is 0.0970. The number of fused-ring (bicyclic) bond motifs is 2. The van der Waals surface area contributed by atoms with Crippen molar-refractivity contribution in [3.8, 4) is 0 Å². The molecule has 1 atom stereocenters. The smallest absolute Gasteiger partial charge is 0.297 e. The van der Waals surface area contributed by atoms with Crippen molar-refractivity contribution >= 4 is 33.3 Å². The van der Waals surface area contributed by atoms with Gasteiger partial charge in [0.1, 0.15) is 16.4 Å². The zero-order chi connectivity index (χ0) is 22.6. The van der Waals surface area contributed by atoms with Crippen LogP contribution in [0, 0.1) is 18.7 Å². The minimum Gasteiger partial charge on any atom is -0.450 e. The number of amides is 1. The van der Waals surface area contributed by atoms with Crippen molar-refractivity contribution in [2.45, 2.75) is 33.2 Å². The molecule has 2 aromatic heterocycles. The second-order valence-corrected chi connectivity index (χ2v) is 9.42. The predicted molar refractivity (Wildman–Crippen MR) is 121 cm³/mol. The summed E-state index contributed by atoms with van der Waals surface area (Å²) in [5.74, 6) is -0.490. The number of rotatable bonds is 4. The van der Waals surface area contributed by atoms with Crippen LogP contribution in [0.1, 0.15) is 52.1 Å². The first-order valence-electron chi connectivity index (χ1n) is 10.3. The van der Waals surface area contributed by atoms with Crippen LogP contribution in [0.4, 0.5) is 9.52 Å². The van der Waals surface area contributed by atoms with Crippen LogP contribution >= 0.6 is 11.3 Å². The van der Waals surface area contributed by atoms with Gasteiger partial charge in [0.2, 0.25) is 10.9 Å². The number of aromatic nitrogens is 2. The van der Waals surface area contributed by atoms with E-state index in [0.717, 1.165) is 17.0 Å². The Morgan fingerprint density at radius 1 is 1.12 bits per heavy atom. The standard InChI is InChI=1S/C24H20FN3O3S/c1-12(2)10-18-26-27-24(32-18)28-20(14-5-7-15(25)8-6-14)19-21(29)16-11-13(3)4-9-17(16)31-22(19)23(28)30/h4-9,11-12,20H,10H2,1-3H3/t20-/m1/s1. The number of halogens is 1. The molecule has 0 spiro atoms. The molecule has 0 aliphatic carbocycles. The van der Waals surface area contributed by atoms with Crippen molar-refractivity contribution < 1.29 is 13.6 Å². The van der Waals surface area contributed by atoms with Gasteiger partial charge in [0, 0.05) is 6.42 Å². The molecule has 0 fully saturated rings. The summed E-state index contributed by atoms with van der Waals surface area (Å²) in [4.78, 5) is 28.5. The Hall–Kier alpha value is -3.39. The number of hydrogen-bond acceptors (Lipinski definition) is 6. The average molecular weight is 450 g/mol. The molecule has 0 bridgehead atoms. The van der Waals surface area contributed by atoms with E-state index < -0.39 is 17.8 Å². The van der Waals surface area contributed by atoms with E-state index in [9.17, 15) is 14.0 Å². The molecule has 5 rings (SSSR count). The van der Waals surface area contributed by atoms with E-state index in [1.54, 1.807) is 24.3 Å². The molecule has 6 nitrogen and oxygen atoms in total. The summed E-state index contributed by atoms with van der Waals surface area (Å²) in [7, 11) is 0. The first-order valence-corrected chi connectivity index (χ1v) is 11.1. The van der Waals surface area contributed by atoms with E-state index in [0.29, 0.717) is 27.6 Å². The lowest BCUT2D eigenvalue weighted by atomic mass is 9.98. The zero-order valence-electron chi connectivity index (χ0n) is 17.8. The van der Waals surface area contributed by atoms with Crippen LogP contribution in [-0.2, 0) is 6.42 Å². The Kier molecular flexibility index (Phi) is 4.89. The maximum absolute atomic E-state index is 13.6. The minimum absolute atomic E-state index is 0.0127. The largest absolute Gasteiger partial charge is 0.450 e. The van der Waals surface area contributed by atoms with Crippen LogP contribution in [0.25, 0.3) is 11.0 Å². The molecule has 0 saturated heterocycles. The first-order chi connectivity index (χ1) is 15.3. The van der Waals surface area contributed by atoms with Crippen molar-refractivity contribution in [3.05, 3.63) is 86.0 Å². The van der Waals surface area contributed by atoms with E-state index in [4.69, 9.17) is 4.42 Å². The molecule has 1 aliphatic heterocycles. The fraction of sp³-hybridized carbons (Fsp3) is 0.250. The average Bonchev–Trinajstić information content (AvgIpc) is 3.31. The Morgan fingerprint density at radius 2 is 1.88 bits per heavy atom. The molecule has 4 aromatic rings. The highest BCUT2D eigenvalue weighted by Gasteiger charge is 2.45. The number of carbonyl (C=O) groups excluding carboxylic acids is 1. The van der Waals surface area contributed by atoms with Crippen LogP contribution in [0.5, 0.6) is 0 Å². The van der Waals surface area contributed by atoms with Gasteiger partial charge < -0.3 is 4.42 Å². The molecule has 32 heavy (non-hydrogen) atoms.